The van der Waals surface area contributed by atoms with Crippen molar-refractivity contribution in [1.29, 1.82) is 0 Å². The Morgan fingerprint density at radius 2 is 2.33 bits per heavy atom. The minimum atomic E-state index is -0.455. The van der Waals surface area contributed by atoms with Crippen molar-refractivity contribution in [3.05, 3.63) is 29.8 Å². The summed E-state index contributed by atoms with van der Waals surface area (Å²) in [6.45, 7) is 3.05. The summed E-state index contributed by atoms with van der Waals surface area (Å²) in [5.74, 6) is 0.614. The summed E-state index contributed by atoms with van der Waals surface area (Å²) in [5, 5.41) is 23.6. The van der Waals surface area contributed by atoms with Crippen LogP contribution in [0.5, 0.6) is 0 Å². The molecule has 7 heteroatoms. The number of hydrogen-bond acceptors (Lipinski definition) is 5. The molecule has 0 spiro atoms. The Bertz CT molecular complexity index is 628. The number of tetrazole rings is 1. The minimum Gasteiger partial charge on any atom is -0.391 e. The summed E-state index contributed by atoms with van der Waals surface area (Å²) in [6, 6.07) is 7.13. The van der Waals surface area contributed by atoms with Crippen molar-refractivity contribution >= 4 is 5.91 Å². The molecule has 1 aromatic carbocycles. The molecule has 1 aromatic heterocycles. The number of piperidine rings is 1. The Hall–Kier alpha value is -2.28. The van der Waals surface area contributed by atoms with Crippen LogP contribution in [0.1, 0.15) is 23.7 Å². The van der Waals surface area contributed by atoms with Crippen LogP contribution in [0.4, 0.5) is 0 Å². The number of aromatic nitrogens is 4. The van der Waals surface area contributed by atoms with E-state index in [1.807, 2.05) is 13.0 Å². The Balaban J connectivity index is 1.80. The first-order chi connectivity index (χ1) is 10.1. The van der Waals surface area contributed by atoms with Crippen LogP contribution < -0.4 is 0 Å². The van der Waals surface area contributed by atoms with Gasteiger partial charge in [0.25, 0.3) is 5.91 Å². The molecular formula is C14H17N5O2. The van der Waals surface area contributed by atoms with Gasteiger partial charge in [-0.2, -0.15) is 5.21 Å². The predicted molar refractivity (Wildman–Crippen MR) is 75.3 cm³/mol. The number of amides is 1. The highest BCUT2D eigenvalue weighted by molar-refractivity contribution is 5.95. The third-order valence-corrected chi connectivity index (χ3v) is 3.92. The maximum atomic E-state index is 12.5. The van der Waals surface area contributed by atoms with Gasteiger partial charge in [-0.25, -0.2) is 0 Å². The predicted octanol–water partition coefficient (Wildman–Crippen LogP) is 0.710. The lowest BCUT2D eigenvalue weighted by Crippen LogP contribution is -2.45. The van der Waals surface area contributed by atoms with Crippen LogP contribution in [0.15, 0.2) is 24.3 Å². The number of rotatable bonds is 2. The third-order valence-electron chi connectivity index (χ3n) is 3.92. The summed E-state index contributed by atoms with van der Waals surface area (Å²) >= 11 is 0. The molecule has 2 aromatic rings. The number of likely N-dealkylation sites (tertiary alicyclic amines) is 1. The van der Waals surface area contributed by atoms with E-state index in [4.69, 9.17) is 0 Å². The van der Waals surface area contributed by atoms with Gasteiger partial charge in [0.15, 0.2) is 0 Å². The lowest BCUT2D eigenvalue weighted by Gasteiger charge is -2.34. The molecule has 2 heterocycles. The van der Waals surface area contributed by atoms with E-state index in [9.17, 15) is 9.90 Å². The summed E-state index contributed by atoms with van der Waals surface area (Å²) in [7, 11) is 0. The van der Waals surface area contributed by atoms with Crippen LogP contribution >= 0.6 is 0 Å². The molecule has 0 saturated carbocycles. The monoisotopic (exact) mass is 287 g/mol. The van der Waals surface area contributed by atoms with Crippen LogP contribution in [0.3, 0.4) is 0 Å². The highest BCUT2D eigenvalue weighted by Crippen LogP contribution is 2.21. The second kappa shape index (κ2) is 5.61. The van der Waals surface area contributed by atoms with Gasteiger partial charge in [0, 0.05) is 24.2 Å². The molecule has 110 valence electrons. The summed E-state index contributed by atoms with van der Waals surface area (Å²) in [6.07, 6.45) is 0.361. The smallest absolute Gasteiger partial charge is 0.253 e. The first-order valence-electron chi connectivity index (χ1n) is 6.96. The van der Waals surface area contributed by atoms with E-state index in [0.29, 0.717) is 24.5 Å². The van der Waals surface area contributed by atoms with Crippen molar-refractivity contribution in [3.63, 3.8) is 0 Å². The maximum absolute atomic E-state index is 12.5. The lowest BCUT2D eigenvalue weighted by molar-refractivity contribution is 0.0248. The number of nitrogens with zero attached hydrogens (tertiary/aromatic N) is 4. The van der Waals surface area contributed by atoms with E-state index in [-0.39, 0.29) is 11.8 Å². The molecule has 1 saturated heterocycles. The van der Waals surface area contributed by atoms with Gasteiger partial charge in [-0.1, -0.05) is 19.1 Å². The highest BCUT2D eigenvalue weighted by Gasteiger charge is 2.27. The molecule has 7 nitrogen and oxygen atoms in total. The highest BCUT2D eigenvalue weighted by atomic mass is 16.3. The number of carbonyl (C=O) groups excluding carboxylic acids is 1. The van der Waals surface area contributed by atoms with E-state index in [2.05, 4.69) is 20.6 Å². The molecule has 1 aliphatic rings. The van der Waals surface area contributed by atoms with E-state index in [1.54, 1.807) is 23.1 Å². The number of aliphatic hydroxyl groups is 1. The van der Waals surface area contributed by atoms with Crippen LogP contribution in [0.25, 0.3) is 11.4 Å². The number of benzene rings is 1. The standard InChI is InChI=1S/C14H17N5O2/c1-9-5-6-19(8-12(9)20)14(21)11-4-2-3-10(7-11)13-15-17-18-16-13/h2-4,7,9,12,20H,5-6,8H2,1H3,(H,15,16,17,18). The molecular weight excluding hydrogens is 270 g/mol. The fourth-order valence-electron chi connectivity index (χ4n) is 2.49. The Kier molecular flexibility index (Phi) is 3.66. The molecule has 2 N–H and O–H groups in total. The molecule has 0 radical (unpaired) electrons. The number of nitrogens with one attached hydrogen (secondary N) is 1. The molecule has 1 aliphatic heterocycles. The molecule has 2 atom stereocenters. The van der Waals surface area contributed by atoms with Gasteiger partial charge in [0.2, 0.25) is 5.82 Å². The van der Waals surface area contributed by atoms with E-state index in [0.717, 1.165) is 12.0 Å². The van der Waals surface area contributed by atoms with Gasteiger partial charge in [-0.15, -0.1) is 10.2 Å². The molecule has 0 bridgehead atoms. The Labute approximate surface area is 122 Å². The van der Waals surface area contributed by atoms with Gasteiger partial charge in [0.05, 0.1) is 6.10 Å². The van der Waals surface area contributed by atoms with E-state index in [1.165, 1.54) is 0 Å². The number of hydrogen-bond donors (Lipinski definition) is 2. The normalized spacial score (nSPS) is 22.3. The van der Waals surface area contributed by atoms with Crippen molar-refractivity contribution in [1.82, 2.24) is 25.5 Å². The van der Waals surface area contributed by atoms with Crippen molar-refractivity contribution < 1.29 is 9.90 Å². The zero-order valence-electron chi connectivity index (χ0n) is 11.7. The van der Waals surface area contributed by atoms with Crippen molar-refractivity contribution in [3.8, 4) is 11.4 Å². The molecule has 1 fully saturated rings. The zero-order valence-corrected chi connectivity index (χ0v) is 11.7. The van der Waals surface area contributed by atoms with Gasteiger partial charge < -0.3 is 10.0 Å². The average Bonchev–Trinajstić information content (AvgIpc) is 3.04. The second-order valence-corrected chi connectivity index (χ2v) is 5.40. The summed E-state index contributed by atoms with van der Waals surface area (Å²) < 4.78 is 0. The molecule has 3 rings (SSSR count). The van der Waals surface area contributed by atoms with Crippen molar-refractivity contribution in [2.45, 2.75) is 19.4 Å². The van der Waals surface area contributed by atoms with Crippen molar-refractivity contribution in [2.24, 2.45) is 5.92 Å². The maximum Gasteiger partial charge on any atom is 0.253 e. The quantitative estimate of drug-likeness (QED) is 0.848. The largest absolute Gasteiger partial charge is 0.391 e. The first-order valence-corrected chi connectivity index (χ1v) is 6.96. The number of β-amino-alcohol motifs (C(OH)–C–C–N with tert-alkyl or cyclic N) is 1. The average molecular weight is 287 g/mol. The van der Waals surface area contributed by atoms with Gasteiger partial charge in [0.1, 0.15) is 0 Å². The third kappa shape index (κ3) is 2.78. The lowest BCUT2D eigenvalue weighted by atomic mass is 9.95. The second-order valence-electron chi connectivity index (χ2n) is 5.40. The van der Waals surface area contributed by atoms with Crippen molar-refractivity contribution in [2.75, 3.05) is 13.1 Å². The summed E-state index contributed by atoms with van der Waals surface area (Å²) in [4.78, 5) is 14.2. The van der Waals surface area contributed by atoms with Crippen LogP contribution in [-0.2, 0) is 0 Å². The summed E-state index contributed by atoms with van der Waals surface area (Å²) in [5.41, 5.74) is 1.31. The van der Waals surface area contributed by atoms with Gasteiger partial charge in [-0.05, 0) is 29.7 Å². The molecule has 2 unspecified atom stereocenters. The number of H-pyrrole nitrogens is 1. The first kappa shape index (κ1) is 13.7. The molecule has 1 amide bonds. The fraction of sp³-hybridized carbons (Fsp3) is 0.429. The Morgan fingerprint density at radius 3 is 3.05 bits per heavy atom. The fourth-order valence-corrected chi connectivity index (χ4v) is 2.49. The van der Waals surface area contributed by atoms with Crippen LogP contribution in [-0.4, -0.2) is 55.7 Å². The van der Waals surface area contributed by atoms with Gasteiger partial charge in [-0.3, -0.25) is 4.79 Å². The zero-order chi connectivity index (χ0) is 14.8. The SMILES string of the molecule is CC1CCN(C(=O)c2cccc(-c3nn[nH]n3)c2)CC1O. The van der Waals surface area contributed by atoms with Crippen LogP contribution in [0.2, 0.25) is 0 Å². The van der Waals surface area contributed by atoms with E-state index < -0.39 is 6.10 Å². The number of aliphatic hydroxyl groups excluding tert-OH is 1. The minimum absolute atomic E-state index is 0.0775. The van der Waals surface area contributed by atoms with Gasteiger partial charge >= 0.3 is 0 Å². The molecule has 0 aliphatic carbocycles. The number of carbonyl (C=O) groups is 1. The molecule has 21 heavy (non-hydrogen) atoms. The number of aromatic amines is 1. The van der Waals surface area contributed by atoms with Crippen LogP contribution in [0, 0.1) is 5.92 Å². The van der Waals surface area contributed by atoms with E-state index >= 15 is 0 Å². The Morgan fingerprint density at radius 1 is 1.48 bits per heavy atom. The topological polar surface area (TPSA) is 95.0 Å².